The maximum Gasteiger partial charge on any atom is 0.416 e. The van der Waals surface area contributed by atoms with Gasteiger partial charge in [0.15, 0.2) is 0 Å². The fourth-order valence-corrected chi connectivity index (χ4v) is 2.27. The SMILES string of the molecule is O=C(Cc1cccc(C(F)(F)F)c1)N/N=C\c1cccc(Br)c1. The number of halogens is 4. The van der Waals surface area contributed by atoms with Crippen LogP contribution in [0, 0.1) is 0 Å². The molecule has 0 saturated carbocycles. The highest BCUT2D eigenvalue weighted by Gasteiger charge is 2.30. The molecule has 2 aromatic carbocycles. The Hall–Kier alpha value is -2.15. The number of hydrogen-bond acceptors (Lipinski definition) is 2. The zero-order chi connectivity index (χ0) is 16.9. The van der Waals surface area contributed by atoms with E-state index in [1.807, 2.05) is 18.2 Å². The fraction of sp³-hybridized carbons (Fsp3) is 0.125. The number of nitrogens with one attached hydrogen (secondary N) is 1. The van der Waals surface area contributed by atoms with Crippen molar-refractivity contribution in [1.82, 2.24) is 5.43 Å². The highest BCUT2D eigenvalue weighted by molar-refractivity contribution is 9.10. The Morgan fingerprint density at radius 1 is 1.17 bits per heavy atom. The van der Waals surface area contributed by atoms with Gasteiger partial charge in [-0.3, -0.25) is 4.79 Å². The van der Waals surface area contributed by atoms with Crippen LogP contribution in [0.25, 0.3) is 0 Å². The average Bonchev–Trinajstić information content (AvgIpc) is 2.46. The standard InChI is InChI=1S/C16H12BrF3N2O/c17-14-6-2-4-12(8-14)10-21-22-15(23)9-11-3-1-5-13(7-11)16(18,19)20/h1-8,10H,9H2,(H,22,23)/b21-10-. The van der Waals surface area contributed by atoms with E-state index in [0.29, 0.717) is 0 Å². The third-order valence-corrected chi connectivity index (χ3v) is 3.36. The molecule has 120 valence electrons. The molecule has 0 unspecified atom stereocenters. The second-order valence-electron chi connectivity index (χ2n) is 4.72. The van der Waals surface area contributed by atoms with Crippen molar-refractivity contribution in [2.45, 2.75) is 12.6 Å². The van der Waals surface area contributed by atoms with Gasteiger partial charge in [-0.05, 0) is 29.3 Å². The molecule has 0 aliphatic carbocycles. The van der Waals surface area contributed by atoms with Gasteiger partial charge in [0.2, 0.25) is 5.91 Å². The molecule has 0 bridgehead atoms. The number of hydrogen-bond donors (Lipinski definition) is 1. The van der Waals surface area contributed by atoms with Crippen LogP contribution in [0.15, 0.2) is 58.1 Å². The lowest BCUT2D eigenvalue weighted by Crippen LogP contribution is -2.20. The van der Waals surface area contributed by atoms with E-state index in [1.165, 1.54) is 18.3 Å². The zero-order valence-electron chi connectivity index (χ0n) is 11.8. The van der Waals surface area contributed by atoms with Crippen molar-refractivity contribution in [3.63, 3.8) is 0 Å². The molecule has 0 heterocycles. The Balaban J connectivity index is 1.95. The van der Waals surface area contributed by atoms with Crippen molar-refractivity contribution in [1.29, 1.82) is 0 Å². The summed E-state index contributed by atoms with van der Waals surface area (Å²) in [5.74, 6) is -0.490. The third kappa shape index (κ3) is 5.52. The van der Waals surface area contributed by atoms with E-state index in [1.54, 1.807) is 6.07 Å². The second-order valence-corrected chi connectivity index (χ2v) is 5.64. The minimum absolute atomic E-state index is 0.181. The summed E-state index contributed by atoms with van der Waals surface area (Å²) >= 11 is 3.31. The van der Waals surface area contributed by atoms with Gasteiger partial charge in [0.25, 0.3) is 0 Å². The monoisotopic (exact) mass is 384 g/mol. The summed E-state index contributed by atoms with van der Waals surface area (Å²) in [7, 11) is 0. The maximum absolute atomic E-state index is 12.6. The van der Waals surface area contributed by atoms with Crippen LogP contribution in [-0.2, 0) is 17.4 Å². The molecule has 3 nitrogen and oxygen atoms in total. The minimum atomic E-state index is -4.43. The molecule has 2 rings (SSSR count). The predicted molar refractivity (Wildman–Crippen MR) is 85.0 cm³/mol. The van der Waals surface area contributed by atoms with Crippen LogP contribution >= 0.6 is 15.9 Å². The van der Waals surface area contributed by atoms with Crippen molar-refractivity contribution in [2.75, 3.05) is 0 Å². The summed E-state index contributed by atoms with van der Waals surface area (Å²) in [5.41, 5.74) is 2.56. The molecular formula is C16H12BrF3N2O. The van der Waals surface area contributed by atoms with E-state index in [-0.39, 0.29) is 12.0 Å². The molecule has 0 aliphatic rings. The first-order chi connectivity index (χ1) is 10.8. The Bertz CT molecular complexity index is 729. The maximum atomic E-state index is 12.6. The Kier molecular flexibility index (Phi) is 5.54. The van der Waals surface area contributed by atoms with Crippen molar-refractivity contribution in [2.24, 2.45) is 5.10 Å². The largest absolute Gasteiger partial charge is 0.416 e. The molecule has 1 N–H and O–H groups in total. The van der Waals surface area contributed by atoms with E-state index in [9.17, 15) is 18.0 Å². The van der Waals surface area contributed by atoms with E-state index in [4.69, 9.17) is 0 Å². The topological polar surface area (TPSA) is 41.5 Å². The van der Waals surface area contributed by atoms with E-state index in [0.717, 1.165) is 22.2 Å². The third-order valence-electron chi connectivity index (χ3n) is 2.87. The second kappa shape index (κ2) is 7.41. The molecule has 0 fully saturated rings. The Morgan fingerprint density at radius 3 is 2.61 bits per heavy atom. The summed E-state index contributed by atoms with van der Waals surface area (Å²) in [6, 6.07) is 11.9. The lowest BCUT2D eigenvalue weighted by Gasteiger charge is -2.08. The van der Waals surface area contributed by atoms with E-state index in [2.05, 4.69) is 26.5 Å². The first-order valence-corrected chi connectivity index (χ1v) is 7.37. The lowest BCUT2D eigenvalue weighted by atomic mass is 10.1. The van der Waals surface area contributed by atoms with Crippen LogP contribution in [-0.4, -0.2) is 12.1 Å². The normalized spacial score (nSPS) is 11.7. The van der Waals surface area contributed by atoms with Gasteiger partial charge in [-0.25, -0.2) is 5.43 Å². The first-order valence-electron chi connectivity index (χ1n) is 6.58. The van der Waals surface area contributed by atoms with E-state index >= 15 is 0 Å². The average molecular weight is 385 g/mol. The van der Waals surface area contributed by atoms with Crippen LogP contribution in [0.5, 0.6) is 0 Å². The summed E-state index contributed by atoms with van der Waals surface area (Å²) in [4.78, 5) is 11.7. The molecule has 1 amide bonds. The Morgan fingerprint density at radius 2 is 1.91 bits per heavy atom. The first kappa shape index (κ1) is 17.2. The number of carbonyl (C=O) groups is 1. The van der Waals surface area contributed by atoms with Gasteiger partial charge in [-0.2, -0.15) is 18.3 Å². The van der Waals surface area contributed by atoms with Crippen molar-refractivity contribution < 1.29 is 18.0 Å². The summed E-state index contributed by atoms with van der Waals surface area (Å²) in [5, 5.41) is 3.78. The van der Waals surface area contributed by atoms with Crippen molar-refractivity contribution in [3.8, 4) is 0 Å². The fourth-order valence-electron chi connectivity index (χ4n) is 1.85. The number of amides is 1. The van der Waals surface area contributed by atoms with E-state index < -0.39 is 17.6 Å². The number of rotatable bonds is 4. The predicted octanol–water partition coefficient (Wildman–Crippen LogP) is 4.16. The quantitative estimate of drug-likeness (QED) is 0.623. The molecule has 0 radical (unpaired) electrons. The number of alkyl halides is 3. The summed E-state index contributed by atoms with van der Waals surface area (Å²) < 4.78 is 38.7. The molecule has 0 saturated heterocycles. The van der Waals surface area contributed by atoms with Crippen molar-refractivity contribution >= 4 is 28.1 Å². The van der Waals surface area contributed by atoms with Gasteiger partial charge in [-0.15, -0.1) is 0 Å². The molecule has 0 aliphatic heterocycles. The number of hydrazone groups is 1. The number of carbonyl (C=O) groups excluding carboxylic acids is 1. The highest BCUT2D eigenvalue weighted by atomic mass is 79.9. The molecule has 0 aromatic heterocycles. The van der Waals surface area contributed by atoms with Gasteiger partial charge in [0.1, 0.15) is 0 Å². The van der Waals surface area contributed by atoms with Crippen LogP contribution in [0.2, 0.25) is 0 Å². The van der Waals surface area contributed by atoms with Gasteiger partial charge >= 0.3 is 6.18 Å². The van der Waals surface area contributed by atoms with Crippen molar-refractivity contribution in [3.05, 3.63) is 69.7 Å². The minimum Gasteiger partial charge on any atom is -0.273 e. The highest BCUT2D eigenvalue weighted by Crippen LogP contribution is 2.29. The molecular weight excluding hydrogens is 373 g/mol. The van der Waals surface area contributed by atoms with Gasteiger partial charge in [-0.1, -0.05) is 46.3 Å². The van der Waals surface area contributed by atoms with Gasteiger partial charge < -0.3 is 0 Å². The molecule has 23 heavy (non-hydrogen) atoms. The summed E-state index contributed by atoms with van der Waals surface area (Å²) in [6.07, 6.45) is -3.15. The Labute approximate surface area is 139 Å². The smallest absolute Gasteiger partial charge is 0.273 e. The zero-order valence-corrected chi connectivity index (χ0v) is 13.4. The van der Waals surface area contributed by atoms with Gasteiger partial charge in [0.05, 0.1) is 18.2 Å². The molecule has 0 spiro atoms. The number of benzene rings is 2. The molecule has 2 aromatic rings. The van der Waals surface area contributed by atoms with Crippen LogP contribution in [0.3, 0.4) is 0 Å². The van der Waals surface area contributed by atoms with Crippen LogP contribution in [0.4, 0.5) is 13.2 Å². The van der Waals surface area contributed by atoms with Crippen LogP contribution < -0.4 is 5.43 Å². The molecule has 0 atom stereocenters. The summed E-state index contributed by atoms with van der Waals surface area (Å²) in [6.45, 7) is 0. The van der Waals surface area contributed by atoms with Crippen LogP contribution in [0.1, 0.15) is 16.7 Å². The lowest BCUT2D eigenvalue weighted by molar-refractivity contribution is -0.137. The number of nitrogens with zero attached hydrogens (tertiary/aromatic N) is 1. The molecule has 7 heteroatoms. The van der Waals surface area contributed by atoms with Gasteiger partial charge in [0, 0.05) is 4.47 Å².